The van der Waals surface area contributed by atoms with Crippen LogP contribution >= 0.6 is 0 Å². The van der Waals surface area contributed by atoms with Crippen molar-refractivity contribution in [1.82, 2.24) is 5.32 Å². The van der Waals surface area contributed by atoms with Crippen LogP contribution in [-0.2, 0) is 16.0 Å². The quantitative estimate of drug-likeness (QED) is 0.702. The predicted molar refractivity (Wildman–Crippen MR) is 106 cm³/mol. The molecule has 0 atom stereocenters. The standard InChI is InChI=1S/C22H26N2O3/c1-16(2)27-19-11-7-6-10-18(19)24-21(26)22(13-14-22)20(25)23-15-12-17-8-4-3-5-9-17/h3-11,16H,12-15H2,1-2H3,(H,23,25)(H,24,26). The van der Waals surface area contributed by atoms with Gasteiger partial charge in [0.25, 0.3) is 0 Å². The molecule has 2 aromatic rings. The molecule has 27 heavy (non-hydrogen) atoms. The van der Waals surface area contributed by atoms with Gasteiger partial charge in [0.05, 0.1) is 11.8 Å². The molecule has 0 heterocycles. The smallest absolute Gasteiger partial charge is 0.240 e. The zero-order valence-corrected chi connectivity index (χ0v) is 15.8. The topological polar surface area (TPSA) is 67.4 Å². The average Bonchev–Trinajstić information content (AvgIpc) is 3.46. The third-order valence-electron chi connectivity index (χ3n) is 4.66. The summed E-state index contributed by atoms with van der Waals surface area (Å²) in [4.78, 5) is 25.4. The molecule has 0 spiro atoms. The number of hydrogen-bond donors (Lipinski definition) is 2. The first-order chi connectivity index (χ1) is 13.0. The molecule has 5 heteroatoms. The minimum atomic E-state index is -0.957. The fraction of sp³-hybridized carbons (Fsp3) is 0.364. The Hall–Kier alpha value is -2.82. The van der Waals surface area contributed by atoms with Gasteiger partial charge in [0, 0.05) is 6.54 Å². The Morgan fingerprint density at radius 1 is 1.00 bits per heavy atom. The number of benzene rings is 2. The molecular weight excluding hydrogens is 340 g/mol. The normalized spacial score (nSPS) is 14.5. The van der Waals surface area contributed by atoms with Crippen molar-refractivity contribution in [2.45, 2.75) is 39.2 Å². The summed E-state index contributed by atoms with van der Waals surface area (Å²) in [6.07, 6.45) is 1.89. The lowest BCUT2D eigenvalue weighted by atomic mass is 10.0. The molecule has 142 valence electrons. The van der Waals surface area contributed by atoms with E-state index in [0.29, 0.717) is 30.8 Å². The van der Waals surface area contributed by atoms with E-state index in [9.17, 15) is 9.59 Å². The second-order valence-electron chi connectivity index (χ2n) is 7.19. The molecule has 0 bridgehead atoms. The fourth-order valence-electron chi connectivity index (χ4n) is 2.99. The zero-order valence-electron chi connectivity index (χ0n) is 15.8. The Balaban J connectivity index is 1.58. The van der Waals surface area contributed by atoms with Gasteiger partial charge in [0.2, 0.25) is 11.8 Å². The molecule has 5 nitrogen and oxygen atoms in total. The first-order valence-electron chi connectivity index (χ1n) is 9.41. The van der Waals surface area contributed by atoms with Crippen molar-refractivity contribution in [3.63, 3.8) is 0 Å². The van der Waals surface area contributed by atoms with Gasteiger partial charge in [-0.15, -0.1) is 0 Å². The maximum absolute atomic E-state index is 12.8. The summed E-state index contributed by atoms with van der Waals surface area (Å²) in [7, 11) is 0. The van der Waals surface area contributed by atoms with Crippen LogP contribution in [0.4, 0.5) is 5.69 Å². The van der Waals surface area contributed by atoms with Crippen molar-refractivity contribution >= 4 is 17.5 Å². The number of hydrogen-bond acceptors (Lipinski definition) is 3. The number of carbonyl (C=O) groups is 2. The molecule has 2 aromatic carbocycles. The molecule has 0 unspecified atom stereocenters. The second kappa shape index (κ2) is 8.25. The van der Waals surface area contributed by atoms with E-state index in [-0.39, 0.29) is 17.9 Å². The third kappa shape index (κ3) is 4.67. The molecule has 2 N–H and O–H groups in total. The predicted octanol–water partition coefficient (Wildman–Crippen LogP) is 3.55. The molecule has 0 aromatic heterocycles. The summed E-state index contributed by atoms with van der Waals surface area (Å²) in [6.45, 7) is 4.38. The van der Waals surface area contributed by atoms with E-state index < -0.39 is 5.41 Å². The third-order valence-corrected chi connectivity index (χ3v) is 4.66. The zero-order chi connectivity index (χ0) is 19.3. The Kier molecular flexibility index (Phi) is 5.79. The van der Waals surface area contributed by atoms with Gasteiger partial charge >= 0.3 is 0 Å². The van der Waals surface area contributed by atoms with Gasteiger partial charge < -0.3 is 15.4 Å². The second-order valence-corrected chi connectivity index (χ2v) is 7.19. The van der Waals surface area contributed by atoms with Crippen LogP contribution in [0.1, 0.15) is 32.3 Å². The highest BCUT2D eigenvalue weighted by atomic mass is 16.5. The lowest BCUT2D eigenvalue weighted by Crippen LogP contribution is -2.40. The summed E-state index contributed by atoms with van der Waals surface area (Å²) in [6, 6.07) is 17.3. The lowest BCUT2D eigenvalue weighted by molar-refractivity contribution is -0.134. The van der Waals surface area contributed by atoms with Gasteiger partial charge in [0.1, 0.15) is 11.2 Å². The number of ether oxygens (including phenoxy) is 1. The highest BCUT2D eigenvalue weighted by Gasteiger charge is 2.56. The van der Waals surface area contributed by atoms with Crippen molar-refractivity contribution < 1.29 is 14.3 Å². The number of nitrogens with one attached hydrogen (secondary N) is 2. The van der Waals surface area contributed by atoms with Gasteiger partial charge in [0.15, 0.2) is 0 Å². The number of anilines is 1. The van der Waals surface area contributed by atoms with E-state index in [4.69, 9.17) is 4.74 Å². The molecule has 1 aliphatic carbocycles. The largest absolute Gasteiger partial charge is 0.489 e. The molecule has 1 saturated carbocycles. The fourth-order valence-corrected chi connectivity index (χ4v) is 2.99. The van der Waals surface area contributed by atoms with E-state index in [2.05, 4.69) is 10.6 Å². The molecule has 2 amide bonds. The minimum absolute atomic E-state index is 0.000720. The maximum atomic E-state index is 12.8. The van der Waals surface area contributed by atoms with Crippen molar-refractivity contribution in [3.8, 4) is 5.75 Å². The van der Waals surface area contributed by atoms with Crippen LogP contribution in [0.3, 0.4) is 0 Å². The molecule has 0 radical (unpaired) electrons. The Morgan fingerprint density at radius 3 is 2.33 bits per heavy atom. The van der Waals surface area contributed by atoms with Crippen LogP contribution in [0, 0.1) is 5.41 Å². The highest BCUT2D eigenvalue weighted by Crippen LogP contribution is 2.47. The van der Waals surface area contributed by atoms with Gasteiger partial charge in [-0.05, 0) is 50.8 Å². The molecule has 3 rings (SSSR count). The van der Waals surface area contributed by atoms with Crippen LogP contribution in [-0.4, -0.2) is 24.5 Å². The summed E-state index contributed by atoms with van der Waals surface area (Å²) in [5.74, 6) is 0.152. The van der Waals surface area contributed by atoms with E-state index in [1.54, 1.807) is 6.07 Å². The van der Waals surface area contributed by atoms with Gasteiger partial charge in [-0.25, -0.2) is 0 Å². The van der Waals surface area contributed by atoms with E-state index in [0.717, 1.165) is 12.0 Å². The first kappa shape index (κ1) is 19.0. The van der Waals surface area contributed by atoms with Gasteiger partial charge in [-0.2, -0.15) is 0 Å². The molecular formula is C22H26N2O3. The maximum Gasteiger partial charge on any atom is 0.240 e. The summed E-state index contributed by atoms with van der Waals surface area (Å²) in [5, 5.41) is 5.80. The summed E-state index contributed by atoms with van der Waals surface area (Å²) in [5.41, 5.74) is 0.799. The van der Waals surface area contributed by atoms with Crippen LogP contribution in [0.5, 0.6) is 5.75 Å². The summed E-state index contributed by atoms with van der Waals surface area (Å²) < 4.78 is 5.74. The minimum Gasteiger partial charge on any atom is -0.489 e. The molecule has 1 aliphatic rings. The van der Waals surface area contributed by atoms with Crippen LogP contribution in [0.25, 0.3) is 0 Å². The summed E-state index contributed by atoms with van der Waals surface area (Å²) >= 11 is 0. The molecule has 0 saturated heterocycles. The van der Waals surface area contributed by atoms with E-state index in [1.165, 1.54) is 0 Å². The molecule has 0 aliphatic heterocycles. The number of rotatable bonds is 8. The van der Waals surface area contributed by atoms with Gasteiger partial charge in [-0.1, -0.05) is 42.5 Å². The number of amides is 2. The van der Waals surface area contributed by atoms with E-state index >= 15 is 0 Å². The lowest BCUT2D eigenvalue weighted by Gasteiger charge is -2.18. The number of carbonyl (C=O) groups excluding carboxylic acids is 2. The number of para-hydroxylation sites is 2. The monoisotopic (exact) mass is 366 g/mol. The Morgan fingerprint density at radius 2 is 1.67 bits per heavy atom. The molecule has 1 fully saturated rings. The van der Waals surface area contributed by atoms with Crippen LogP contribution in [0.15, 0.2) is 54.6 Å². The van der Waals surface area contributed by atoms with Crippen molar-refractivity contribution in [3.05, 3.63) is 60.2 Å². The average molecular weight is 366 g/mol. The van der Waals surface area contributed by atoms with Crippen LogP contribution < -0.4 is 15.4 Å². The van der Waals surface area contributed by atoms with E-state index in [1.807, 2.05) is 62.4 Å². The highest BCUT2D eigenvalue weighted by molar-refractivity contribution is 6.13. The first-order valence-corrected chi connectivity index (χ1v) is 9.41. The Bertz CT molecular complexity index is 798. The van der Waals surface area contributed by atoms with Crippen molar-refractivity contribution in [1.29, 1.82) is 0 Å². The van der Waals surface area contributed by atoms with Crippen LogP contribution in [0.2, 0.25) is 0 Å². The SMILES string of the molecule is CC(C)Oc1ccccc1NC(=O)C1(C(=O)NCCc2ccccc2)CC1. The van der Waals surface area contributed by atoms with Crippen molar-refractivity contribution in [2.75, 3.05) is 11.9 Å². The van der Waals surface area contributed by atoms with Crippen molar-refractivity contribution in [2.24, 2.45) is 5.41 Å². The Labute approximate surface area is 160 Å². The van der Waals surface area contributed by atoms with Gasteiger partial charge in [-0.3, -0.25) is 9.59 Å².